The lowest BCUT2D eigenvalue weighted by Crippen LogP contribution is -2.11. The summed E-state index contributed by atoms with van der Waals surface area (Å²) in [5, 5.41) is 0.331. The van der Waals surface area contributed by atoms with Crippen molar-refractivity contribution in [1.82, 2.24) is 0 Å². The molecule has 0 aliphatic heterocycles. The average molecular weight is 295 g/mol. The summed E-state index contributed by atoms with van der Waals surface area (Å²) >= 11 is 6.00. The molecule has 2 aromatic carbocycles. The highest BCUT2D eigenvalue weighted by Gasteiger charge is 2.08. The lowest BCUT2D eigenvalue weighted by atomic mass is 10.1. The molecular formula is C14H12ClFN2O2. The van der Waals surface area contributed by atoms with E-state index in [2.05, 4.69) is 0 Å². The molecule has 0 spiro atoms. The van der Waals surface area contributed by atoms with E-state index in [1.54, 1.807) is 6.07 Å². The number of nitrogen functional groups attached to an aromatic ring is 1. The molecule has 0 aromatic heterocycles. The van der Waals surface area contributed by atoms with Crippen LogP contribution < -0.4 is 16.2 Å². The van der Waals surface area contributed by atoms with E-state index < -0.39 is 11.7 Å². The van der Waals surface area contributed by atoms with Crippen LogP contribution in [0, 0.1) is 5.82 Å². The fourth-order valence-electron chi connectivity index (χ4n) is 1.61. The van der Waals surface area contributed by atoms with Crippen molar-refractivity contribution in [3.05, 3.63) is 58.4 Å². The van der Waals surface area contributed by atoms with Gasteiger partial charge in [0.2, 0.25) is 5.91 Å². The van der Waals surface area contributed by atoms with Gasteiger partial charge in [0.1, 0.15) is 6.61 Å². The van der Waals surface area contributed by atoms with Gasteiger partial charge in [-0.1, -0.05) is 17.7 Å². The van der Waals surface area contributed by atoms with Crippen LogP contribution in [0.1, 0.15) is 15.9 Å². The van der Waals surface area contributed by atoms with E-state index >= 15 is 0 Å². The number of anilines is 1. The molecule has 0 fully saturated rings. The first-order valence-corrected chi connectivity index (χ1v) is 6.11. The quantitative estimate of drug-likeness (QED) is 0.851. The maximum absolute atomic E-state index is 13.5. The lowest BCUT2D eigenvalue weighted by Gasteiger charge is -2.09. The molecule has 104 valence electrons. The van der Waals surface area contributed by atoms with Gasteiger partial charge in [0.05, 0.1) is 0 Å². The molecule has 6 heteroatoms. The number of halogens is 2. The van der Waals surface area contributed by atoms with E-state index in [1.807, 2.05) is 0 Å². The number of carbonyl (C=O) groups is 1. The summed E-state index contributed by atoms with van der Waals surface area (Å²) in [7, 11) is 0. The van der Waals surface area contributed by atoms with E-state index in [0.29, 0.717) is 21.8 Å². The molecule has 0 unspecified atom stereocenters. The fraction of sp³-hybridized carbons (Fsp3) is 0.0714. The number of primary amides is 1. The molecule has 20 heavy (non-hydrogen) atoms. The molecule has 0 saturated heterocycles. The summed E-state index contributed by atoms with van der Waals surface area (Å²) in [6.07, 6.45) is 0. The first kappa shape index (κ1) is 14.1. The van der Waals surface area contributed by atoms with Gasteiger partial charge in [-0.25, -0.2) is 4.39 Å². The van der Waals surface area contributed by atoms with E-state index in [9.17, 15) is 9.18 Å². The number of nitrogens with two attached hydrogens (primary N) is 2. The summed E-state index contributed by atoms with van der Waals surface area (Å²) in [4.78, 5) is 11.0. The smallest absolute Gasteiger partial charge is 0.248 e. The third-order valence-electron chi connectivity index (χ3n) is 2.68. The maximum atomic E-state index is 13.5. The van der Waals surface area contributed by atoms with Crippen LogP contribution in [0.25, 0.3) is 0 Å². The van der Waals surface area contributed by atoms with Gasteiger partial charge in [0.25, 0.3) is 0 Å². The Morgan fingerprint density at radius 1 is 1.25 bits per heavy atom. The average Bonchev–Trinajstić information content (AvgIpc) is 2.38. The van der Waals surface area contributed by atoms with Crippen LogP contribution in [-0.4, -0.2) is 5.91 Å². The van der Waals surface area contributed by atoms with Gasteiger partial charge in [0.15, 0.2) is 11.6 Å². The number of rotatable bonds is 4. The number of hydrogen-bond acceptors (Lipinski definition) is 3. The normalized spacial score (nSPS) is 10.3. The number of benzene rings is 2. The van der Waals surface area contributed by atoms with Gasteiger partial charge in [-0.3, -0.25) is 4.79 Å². The topological polar surface area (TPSA) is 78.3 Å². The summed E-state index contributed by atoms with van der Waals surface area (Å²) in [5.74, 6) is -1.03. The first-order chi connectivity index (χ1) is 9.47. The molecular weight excluding hydrogens is 283 g/mol. The zero-order valence-corrected chi connectivity index (χ0v) is 11.2. The third kappa shape index (κ3) is 3.19. The molecule has 0 saturated carbocycles. The van der Waals surface area contributed by atoms with Crippen molar-refractivity contribution in [2.24, 2.45) is 5.73 Å². The minimum absolute atomic E-state index is 0.0682. The van der Waals surface area contributed by atoms with E-state index in [4.69, 9.17) is 27.8 Å². The molecule has 0 heterocycles. The summed E-state index contributed by atoms with van der Waals surface area (Å²) in [6.45, 7) is 0.0682. The Morgan fingerprint density at radius 3 is 2.60 bits per heavy atom. The van der Waals surface area contributed by atoms with Crippen LogP contribution in [0.15, 0.2) is 36.4 Å². The highest BCUT2D eigenvalue weighted by Crippen LogP contribution is 2.23. The predicted octanol–water partition coefficient (Wildman–Crippen LogP) is 2.74. The molecule has 4 N–H and O–H groups in total. The second-order valence-electron chi connectivity index (χ2n) is 4.15. The van der Waals surface area contributed by atoms with Crippen LogP contribution in [0.3, 0.4) is 0 Å². The zero-order chi connectivity index (χ0) is 14.7. The van der Waals surface area contributed by atoms with Gasteiger partial charge in [-0.05, 0) is 24.3 Å². The van der Waals surface area contributed by atoms with Crippen molar-refractivity contribution in [3.63, 3.8) is 0 Å². The first-order valence-electron chi connectivity index (χ1n) is 5.73. The Bertz CT molecular complexity index is 662. The van der Waals surface area contributed by atoms with Crippen LogP contribution in [0.2, 0.25) is 5.02 Å². The largest absolute Gasteiger partial charge is 0.486 e. The van der Waals surface area contributed by atoms with E-state index in [0.717, 1.165) is 0 Å². The number of carbonyl (C=O) groups excluding carboxylic acids is 1. The Balaban J connectivity index is 2.13. The monoisotopic (exact) mass is 294 g/mol. The van der Waals surface area contributed by atoms with Crippen molar-refractivity contribution >= 4 is 23.2 Å². The molecule has 0 radical (unpaired) electrons. The molecule has 0 aliphatic carbocycles. The van der Waals surface area contributed by atoms with Crippen molar-refractivity contribution < 1.29 is 13.9 Å². The van der Waals surface area contributed by atoms with Crippen LogP contribution in [0.5, 0.6) is 5.75 Å². The van der Waals surface area contributed by atoms with Crippen LogP contribution in [0.4, 0.5) is 10.1 Å². The SMILES string of the molecule is NC(=O)c1ccc(COc2ccc(N)cc2F)c(Cl)c1. The minimum Gasteiger partial charge on any atom is -0.486 e. The Kier molecular flexibility index (Phi) is 4.10. The number of hydrogen-bond donors (Lipinski definition) is 2. The molecule has 1 amide bonds. The Labute approximate surface area is 120 Å². The van der Waals surface area contributed by atoms with Gasteiger partial charge >= 0.3 is 0 Å². The fourth-order valence-corrected chi connectivity index (χ4v) is 1.84. The summed E-state index contributed by atoms with van der Waals surface area (Å²) < 4.78 is 18.9. The molecule has 2 aromatic rings. The Morgan fingerprint density at radius 2 is 2.00 bits per heavy atom. The third-order valence-corrected chi connectivity index (χ3v) is 3.03. The maximum Gasteiger partial charge on any atom is 0.248 e. The van der Waals surface area contributed by atoms with Crippen LogP contribution in [-0.2, 0) is 6.61 Å². The van der Waals surface area contributed by atoms with Gasteiger partial charge in [-0.2, -0.15) is 0 Å². The second kappa shape index (κ2) is 5.79. The van der Waals surface area contributed by atoms with E-state index in [1.165, 1.54) is 30.3 Å². The second-order valence-corrected chi connectivity index (χ2v) is 4.56. The van der Waals surface area contributed by atoms with Gasteiger partial charge < -0.3 is 16.2 Å². The highest BCUT2D eigenvalue weighted by atomic mass is 35.5. The number of ether oxygens (including phenoxy) is 1. The molecule has 2 rings (SSSR count). The van der Waals surface area contributed by atoms with Crippen molar-refractivity contribution in [2.75, 3.05) is 5.73 Å². The highest BCUT2D eigenvalue weighted by molar-refractivity contribution is 6.31. The standard InChI is InChI=1S/C14H12ClFN2O2/c15-11-5-8(14(18)19)1-2-9(11)7-20-13-4-3-10(17)6-12(13)16/h1-6H,7,17H2,(H2,18,19). The number of amides is 1. The van der Waals surface area contributed by atoms with Gasteiger partial charge in [0, 0.05) is 27.9 Å². The molecule has 4 nitrogen and oxygen atoms in total. The Hall–Kier alpha value is -2.27. The van der Waals surface area contributed by atoms with Crippen molar-refractivity contribution in [3.8, 4) is 5.75 Å². The van der Waals surface area contributed by atoms with Gasteiger partial charge in [-0.15, -0.1) is 0 Å². The van der Waals surface area contributed by atoms with Crippen LogP contribution >= 0.6 is 11.6 Å². The predicted molar refractivity (Wildman–Crippen MR) is 75.1 cm³/mol. The lowest BCUT2D eigenvalue weighted by molar-refractivity contribution is 0.1000. The molecule has 0 atom stereocenters. The summed E-state index contributed by atoms with van der Waals surface area (Å²) in [5.41, 5.74) is 11.8. The van der Waals surface area contributed by atoms with Crippen molar-refractivity contribution in [1.29, 1.82) is 0 Å². The minimum atomic E-state index is -0.566. The van der Waals surface area contributed by atoms with Crippen molar-refractivity contribution in [2.45, 2.75) is 6.61 Å². The zero-order valence-electron chi connectivity index (χ0n) is 10.4. The van der Waals surface area contributed by atoms with E-state index in [-0.39, 0.29) is 12.4 Å². The summed E-state index contributed by atoms with van der Waals surface area (Å²) in [6, 6.07) is 8.74. The molecule has 0 bridgehead atoms. The molecule has 0 aliphatic rings.